The molecule has 3 nitrogen and oxygen atoms in total. The number of aromatic nitrogens is 1. The van der Waals surface area contributed by atoms with Crippen LogP contribution >= 0.6 is 0 Å². The van der Waals surface area contributed by atoms with Crippen LogP contribution in [0.25, 0.3) is 10.9 Å². The molecule has 0 aliphatic heterocycles. The summed E-state index contributed by atoms with van der Waals surface area (Å²) in [6.07, 6.45) is 9.35. The average Bonchev–Trinajstić information content (AvgIpc) is 2.54. The Morgan fingerprint density at radius 1 is 1.00 bits per heavy atom. The molecule has 3 heteroatoms. The van der Waals surface area contributed by atoms with Gasteiger partial charge in [0.05, 0.1) is 11.2 Å². The third-order valence-corrected chi connectivity index (χ3v) is 4.44. The number of hydrogen-bond donors (Lipinski definition) is 1. The monoisotopic (exact) mass is 301 g/mol. The number of rotatable bonds is 8. The van der Waals surface area contributed by atoms with Crippen LogP contribution in [0.4, 0.5) is 0 Å². The Kier molecular flexibility index (Phi) is 6.05. The maximum Gasteiger partial charge on any atom is 0.193 e. The van der Waals surface area contributed by atoms with Crippen molar-refractivity contribution in [1.82, 2.24) is 4.73 Å². The summed E-state index contributed by atoms with van der Waals surface area (Å²) < 4.78 is 1.16. The maximum absolute atomic E-state index is 12.6. The maximum atomic E-state index is 12.6. The standard InChI is InChI=1S/C19H27NO2/c1-3-4-5-6-7-8-9-12-16-15(2)20(22)18-14-11-10-13-17(18)19(16)21/h10-11,13-14,22H,3-9,12H2,1-2H3. The van der Waals surface area contributed by atoms with Gasteiger partial charge in [0.25, 0.3) is 0 Å². The first kappa shape index (κ1) is 16.6. The largest absolute Gasteiger partial charge is 0.428 e. The van der Waals surface area contributed by atoms with Crippen molar-refractivity contribution >= 4 is 10.9 Å². The van der Waals surface area contributed by atoms with Crippen LogP contribution in [0.3, 0.4) is 0 Å². The van der Waals surface area contributed by atoms with Crippen molar-refractivity contribution in [2.45, 2.75) is 65.2 Å². The first-order chi connectivity index (χ1) is 10.7. The molecule has 0 fully saturated rings. The highest BCUT2D eigenvalue weighted by atomic mass is 16.5. The third kappa shape index (κ3) is 3.70. The molecule has 0 radical (unpaired) electrons. The van der Waals surface area contributed by atoms with E-state index in [0.717, 1.165) is 29.6 Å². The lowest BCUT2D eigenvalue weighted by Gasteiger charge is -2.12. The Hall–Kier alpha value is -1.77. The highest BCUT2D eigenvalue weighted by Gasteiger charge is 2.12. The van der Waals surface area contributed by atoms with Gasteiger partial charge in [-0.1, -0.05) is 57.6 Å². The zero-order valence-corrected chi connectivity index (χ0v) is 13.8. The second-order valence-corrected chi connectivity index (χ2v) is 6.09. The van der Waals surface area contributed by atoms with Crippen molar-refractivity contribution < 1.29 is 5.21 Å². The molecule has 2 aromatic rings. The molecule has 0 aliphatic carbocycles. The Labute approximate surface area is 132 Å². The molecule has 0 saturated carbocycles. The topological polar surface area (TPSA) is 42.2 Å². The quantitative estimate of drug-likeness (QED) is 0.560. The summed E-state index contributed by atoms with van der Waals surface area (Å²) in [6.45, 7) is 4.05. The second kappa shape index (κ2) is 8.02. The lowest BCUT2D eigenvalue weighted by atomic mass is 10.0. The van der Waals surface area contributed by atoms with Gasteiger partial charge in [-0.2, -0.15) is 4.73 Å². The van der Waals surface area contributed by atoms with Gasteiger partial charge in [0.15, 0.2) is 5.43 Å². The number of benzene rings is 1. The summed E-state index contributed by atoms with van der Waals surface area (Å²) in [4.78, 5) is 12.6. The van der Waals surface area contributed by atoms with Gasteiger partial charge >= 0.3 is 0 Å². The van der Waals surface area contributed by atoms with Crippen LogP contribution < -0.4 is 5.43 Å². The molecule has 0 spiro atoms. The minimum Gasteiger partial charge on any atom is -0.428 e. The molecule has 0 aliphatic rings. The lowest BCUT2D eigenvalue weighted by molar-refractivity contribution is 0.190. The van der Waals surface area contributed by atoms with Crippen molar-refractivity contribution in [3.63, 3.8) is 0 Å². The Morgan fingerprint density at radius 2 is 1.64 bits per heavy atom. The first-order valence-corrected chi connectivity index (χ1v) is 8.49. The fourth-order valence-corrected chi connectivity index (χ4v) is 3.04. The number of pyridine rings is 1. The fraction of sp³-hybridized carbons (Fsp3) is 0.526. The molecule has 0 unspecified atom stereocenters. The van der Waals surface area contributed by atoms with Crippen LogP contribution in [0, 0.1) is 6.92 Å². The normalized spacial score (nSPS) is 11.2. The molecular weight excluding hydrogens is 274 g/mol. The highest BCUT2D eigenvalue weighted by molar-refractivity contribution is 5.79. The molecule has 1 N–H and O–H groups in total. The van der Waals surface area contributed by atoms with E-state index in [1.165, 1.54) is 32.1 Å². The molecular formula is C19H27NO2. The van der Waals surface area contributed by atoms with E-state index in [0.29, 0.717) is 16.6 Å². The molecule has 22 heavy (non-hydrogen) atoms. The van der Waals surface area contributed by atoms with E-state index in [4.69, 9.17) is 0 Å². The van der Waals surface area contributed by atoms with E-state index in [-0.39, 0.29) is 5.43 Å². The van der Waals surface area contributed by atoms with E-state index in [1.807, 2.05) is 19.1 Å². The number of para-hydroxylation sites is 1. The van der Waals surface area contributed by atoms with Crippen molar-refractivity contribution in [1.29, 1.82) is 0 Å². The summed E-state index contributed by atoms with van der Waals surface area (Å²) in [7, 11) is 0. The second-order valence-electron chi connectivity index (χ2n) is 6.09. The molecule has 1 heterocycles. The number of fused-ring (bicyclic) bond motifs is 1. The van der Waals surface area contributed by atoms with Gasteiger partial charge in [-0.15, -0.1) is 0 Å². The number of hydrogen-bond acceptors (Lipinski definition) is 2. The predicted octanol–water partition coefficient (Wildman–Crippen LogP) is 4.84. The number of nitrogens with zero attached hydrogens (tertiary/aromatic N) is 1. The van der Waals surface area contributed by atoms with Crippen molar-refractivity contribution in [2.24, 2.45) is 0 Å². The Morgan fingerprint density at radius 3 is 2.36 bits per heavy atom. The SMILES string of the molecule is CCCCCCCCCc1c(C)n(O)c2ccccc2c1=O. The van der Waals surface area contributed by atoms with E-state index in [2.05, 4.69) is 6.92 Å². The minimum atomic E-state index is 0.0735. The average molecular weight is 301 g/mol. The summed E-state index contributed by atoms with van der Waals surface area (Å²) in [5, 5.41) is 10.8. The van der Waals surface area contributed by atoms with Crippen LogP contribution in [-0.4, -0.2) is 9.94 Å². The predicted molar refractivity (Wildman–Crippen MR) is 91.8 cm³/mol. The molecule has 0 amide bonds. The fourth-order valence-electron chi connectivity index (χ4n) is 3.04. The zero-order valence-electron chi connectivity index (χ0n) is 13.8. The Bertz CT molecular complexity index is 673. The smallest absolute Gasteiger partial charge is 0.193 e. The molecule has 0 atom stereocenters. The van der Waals surface area contributed by atoms with Crippen molar-refractivity contribution in [3.05, 3.63) is 45.7 Å². The summed E-state index contributed by atoms with van der Waals surface area (Å²) in [5.41, 5.74) is 2.10. The first-order valence-electron chi connectivity index (χ1n) is 8.49. The van der Waals surface area contributed by atoms with Crippen LogP contribution in [0.15, 0.2) is 29.1 Å². The van der Waals surface area contributed by atoms with Crippen LogP contribution in [-0.2, 0) is 6.42 Å². The molecule has 0 bridgehead atoms. The van der Waals surface area contributed by atoms with E-state index >= 15 is 0 Å². The van der Waals surface area contributed by atoms with E-state index < -0.39 is 0 Å². The van der Waals surface area contributed by atoms with Gasteiger partial charge in [0.1, 0.15) is 0 Å². The molecule has 2 rings (SSSR count). The summed E-state index contributed by atoms with van der Waals surface area (Å²) >= 11 is 0. The molecule has 120 valence electrons. The van der Waals surface area contributed by atoms with E-state index in [9.17, 15) is 10.0 Å². The summed E-state index contributed by atoms with van der Waals surface area (Å²) in [5.74, 6) is 0. The van der Waals surface area contributed by atoms with Crippen LogP contribution in [0.1, 0.15) is 63.1 Å². The van der Waals surface area contributed by atoms with Gasteiger partial charge in [-0.3, -0.25) is 4.79 Å². The zero-order chi connectivity index (χ0) is 15.9. The highest BCUT2D eigenvalue weighted by Crippen LogP contribution is 2.16. The van der Waals surface area contributed by atoms with E-state index in [1.54, 1.807) is 12.1 Å². The van der Waals surface area contributed by atoms with Gasteiger partial charge in [-0.25, -0.2) is 0 Å². The molecule has 1 aromatic carbocycles. The summed E-state index contributed by atoms with van der Waals surface area (Å²) in [6, 6.07) is 7.25. The lowest BCUT2D eigenvalue weighted by Crippen LogP contribution is -2.17. The van der Waals surface area contributed by atoms with Crippen LogP contribution in [0.5, 0.6) is 0 Å². The Balaban J connectivity index is 2.04. The van der Waals surface area contributed by atoms with Crippen molar-refractivity contribution in [3.8, 4) is 0 Å². The number of unbranched alkanes of at least 4 members (excludes halogenated alkanes) is 6. The van der Waals surface area contributed by atoms with Gasteiger partial charge < -0.3 is 5.21 Å². The van der Waals surface area contributed by atoms with Gasteiger partial charge in [0.2, 0.25) is 0 Å². The van der Waals surface area contributed by atoms with Gasteiger partial charge in [-0.05, 0) is 31.9 Å². The molecule has 1 aromatic heterocycles. The van der Waals surface area contributed by atoms with Gasteiger partial charge in [0, 0.05) is 10.9 Å². The third-order valence-electron chi connectivity index (χ3n) is 4.44. The van der Waals surface area contributed by atoms with Crippen molar-refractivity contribution in [2.75, 3.05) is 0 Å². The molecule has 0 saturated heterocycles. The minimum absolute atomic E-state index is 0.0735. The van der Waals surface area contributed by atoms with Crippen LogP contribution in [0.2, 0.25) is 0 Å².